The first-order valence-electron chi connectivity index (χ1n) is 9.52. The van der Waals surface area contributed by atoms with E-state index in [1.54, 1.807) is 0 Å². The molecule has 0 aliphatic heterocycles. The molecule has 0 rings (SSSR count). The molecular formula is C12H20Mo4O37Sb4. The maximum absolute atomic E-state index is 9.63. The van der Waals surface area contributed by atoms with Crippen molar-refractivity contribution in [2.45, 2.75) is 36.6 Å². The average Bonchev–Trinajstić information content (AvgIpc) is 2.82. The number of hydrogen-bond donors (Lipinski definition) is 14. The summed E-state index contributed by atoms with van der Waals surface area (Å²) in [7, 11) is 0. The second kappa shape index (κ2) is 47.6. The number of carbonyl (C=O) groups is 6. The zero-order valence-corrected chi connectivity index (χ0v) is 43.8. The molecule has 14 N–H and O–H groups in total. The van der Waals surface area contributed by atoms with Crippen LogP contribution in [0.5, 0.6) is 0 Å². The fourth-order valence-corrected chi connectivity index (χ4v) is 0.773. The van der Waals surface area contributed by atoms with E-state index < -0.39 is 139 Å². The van der Waals surface area contributed by atoms with E-state index in [9.17, 15) is 59.4 Å². The molecule has 8 radical (unpaired) electrons. The minimum atomic E-state index is -5.52. The van der Waals surface area contributed by atoms with E-state index in [4.69, 9.17) is 87.9 Å². The van der Waals surface area contributed by atoms with E-state index in [2.05, 4.69) is 0 Å². The van der Waals surface area contributed by atoms with E-state index in [-0.39, 0.29) is 114 Å². The fourth-order valence-electron chi connectivity index (χ4n) is 0.773. The first kappa shape index (κ1) is 97.0. The topological polar surface area (TPSA) is 746 Å². The molecule has 6 unspecified atom stereocenters. The third-order valence-corrected chi connectivity index (χ3v) is 2.35. The number of carboxylic acids is 6. The quantitative estimate of drug-likeness (QED) is 0.0953. The van der Waals surface area contributed by atoms with Crippen molar-refractivity contribution in [1.29, 1.82) is 0 Å². The van der Waals surface area contributed by atoms with Gasteiger partial charge in [0.15, 0.2) is 0 Å². The standard InChI is InChI=1S/3C4H6O6.4Mo.8H2O.11O.4Sb/c3*5-1(3(7)8)2(6)4(9)10;;;;;;;;;;;;;;;;;;;;;;;;;;;/h3*1-2,5-6H,(H,7,8)(H,9,10);;;;;8*1H2;;;;;;;;;;;;;;;/q;;;4*+2;;;;;;;;;;;;;;;;;3*-2;4*+3/p-14. The summed E-state index contributed by atoms with van der Waals surface area (Å²) in [6.45, 7) is 0. The molecule has 0 fully saturated rings. The van der Waals surface area contributed by atoms with Crippen LogP contribution in [0.2, 0.25) is 0 Å². The van der Waals surface area contributed by atoms with Gasteiger partial charge in [0.2, 0.25) is 0 Å². The number of hydrogen-bond acceptors (Lipinski definition) is 26. The Kier molecular flexibility index (Phi) is 81.1. The van der Waals surface area contributed by atoms with Crippen LogP contribution >= 0.6 is 0 Å². The molecule has 0 aromatic heterocycles. The van der Waals surface area contributed by atoms with Gasteiger partial charge in [0.25, 0.3) is 0 Å². The summed E-state index contributed by atoms with van der Waals surface area (Å²) in [6, 6.07) is 0. The molecule has 0 heterocycles. The third-order valence-electron chi connectivity index (χ3n) is 2.35. The Balaban J connectivity index is -0.0000000316. The number of aliphatic hydroxyl groups is 6. The van der Waals surface area contributed by atoms with Crippen molar-refractivity contribution in [3.8, 4) is 0 Å². The number of aliphatic carboxylic acids is 6. The summed E-state index contributed by atoms with van der Waals surface area (Å²) in [5.74, 6) is -12.4. The van der Waals surface area contributed by atoms with Gasteiger partial charge in [-0.05, 0) is 0 Å². The second-order valence-electron chi connectivity index (χ2n) is 6.37. The van der Waals surface area contributed by atoms with Crippen LogP contribution in [-0.2, 0) is 139 Å². The van der Waals surface area contributed by atoms with E-state index in [1.165, 1.54) is 0 Å². The molecule has 0 aliphatic carbocycles. The summed E-state index contributed by atoms with van der Waals surface area (Å²) in [6.07, 6.45) is -14.6. The largest absolute Gasteiger partial charge is 3.00 e. The second-order valence-corrected chi connectivity index (χ2v) is 15.2. The van der Waals surface area contributed by atoms with Crippen LogP contribution in [0.3, 0.4) is 0 Å². The third kappa shape index (κ3) is 126. The molecule has 0 aliphatic rings. The fraction of sp³-hybridized carbons (Fsp3) is 0.500. The molecule has 37 nitrogen and oxygen atoms in total. The molecule has 0 saturated heterocycles. The normalized spacial score (nSPS) is 12.4. The molecule has 0 bridgehead atoms. The summed E-state index contributed by atoms with van der Waals surface area (Å²) in [5, 5.41) is 107. The number of aliphatic hydroxyl groups excluding tert-OH is 6. The molecule has 57 heavy (non-hydrogen) atoms. The monoisotopic (exact) mass is 1630 g/mol. The first-order valence-corrected chi connectivity index (χ1v) is 23.3. The minimum Gasteiger partial charge on any atom is 3.00 e. The Morgan fingerprint density at radius 1 is 0.281 bits per heavy atom. The average molecular weight is 1630 g/mol. The molecule has 45 heteroatoms. The summed E-state index contributed by atoms with van der Waals surface area (Å²) in [5.41, 5.74) is 0. The van der Waals surface area contributed by atoms with Gasteiger partial charge in [-0.3, -0.25) is 0 Å². The minimum absolute atomic E-state index is 0. The van der Waals surface area contributed by atoms with Crippen LogP contribution in [0.4, 0.5) is 0 Å². The van der Waals surface area contributed by atoms with E-state index >= 15 is 0 Å². The van der Waals surface area contributed by atoms with Gasteiger partial charge in [0.05, 0.1) is 35.8 Å². The van der Waals surface area contributed by atoms with Gasteiger partial charge in [-0.2, -0.15) is 0 Å². The Morgan fingerprint density at radius 2 is 0.316 bits per heavy atom. The Labute approximate surface area is 396 Å². The van der Waals surface area contributed by atoms with Crippen LogP contribution < -0.4 is 30.6 Å². The van der Waals surface area contributed by atoms with E-state index in [1.807, 2.05) is 0 Å². The zero-order valence-electron chi connectivity index (χ0n) is 25.5. The molecule has 0 amide bonds. The number of rotatable bonds is 9. The van der Waals surface area contributed by atoms with Crippen molar-refractivity contribution in [2.75, 3.05) is 0 Å². The van der Waals surface area contributed by atoms with Gasteiger partial charge < -0.3 is 106 Å². The van der Waals surface area contributed by atoms with Crippen LogP contribution in [0.25, 0.3) is 0 Å². The van der Waals surface area contributed by atoms with Crippen molar-refractivity contribution in [3.05, 3.63) is 0 Å². The van der Waals surface area contributed by atoms with Gasteiger partial charge in [-0.25, -0.2) is 0 Å². The Hall–Kier alpha value is 0.566. The van der Waals surface area contributed by atoms with Gasteiger partial charge in [0, 0.05) is 0 Å². The Bertz CT molecular complexity index is 1220. The van der Waals surface area contributed by atoms with Crippen molar-refractivity contribution in [3.63, 3.8) is 0 Å². The predicted molar refractivity (Wildman–Crippen MR) is 114 cm³/mol. The van der Waals surface area contributed by atoms with Crippen LogP contribution in [-0.4, -0.2) is 231 Å². The maximum Gasteiger partial charge on any atom is 3.00 e. The molecule has 0 aromatic carbocycles. The number of carbonyl (C=O) groups excluding carboxylic acids is 6. The molecule has 0 saturated carbocycles. The van der Waals surface area contributed by atoms with Crippen molar-refractivity contribution in [1.82, 2.24) is 0 Å². The molecule has 0 aromatic rings. The molecule has 0 spiro atoms. The number of carboxylic acid groups (broad SMARTS) is 6. The van der Waals surface area contributed by atoms with Gasteiger partial charge in [0.1, 0.15) is 36.6 Å². The van der Waals surface area contributed by atoms with Crippen LogP contribution in [0.1, 0.15) is 0 Å². The Morgan fingerprint density at radius 3 is 0.333 bits per heavy atom. The van der Waals surface area contributed by atoms with Crippen molar-refractivity contribution < 1.29 is 231 Å². The van der Waals surface area contributed by atoms with E-state index in [0.29, 0.717) is 0 Å². The maximum atomic E-state index is 9.63. The SMILES string of the molecule is O=C([O-])C(O)C(O)C(=O)[O-].O=C([O-])C(O)C(O)C(=O)[O-].O=C([O-])C(O)C(O)C(=O)[O-].[O-2].[O-2].[O-2].[O]=[Mo](=[O])([OH])[OH].[O]=[Mo](=[O])([OH])[OH].[O]=[Mo](=[O])([OH])[OH].[O]=[Mo](=[O])([OH])[OH].[Sb+3].[Sb+3].[Sb+3].[Sb+3]. The summed E-state index contributed by atoms with van der Waals surface area (Å²) >= 11 is -22.1. The van der Waals surface area contributed by atoms with Gasteiger partial charge in [-0.1, -0.05) is 0 Å². The smallest absolute Gasteiger partial charge is 3.00 e. The van der Waals surface area contributed by atoms with Gasteiger partial charge in [-0.15, -0.1) is 0 Å². The van der Waals surface area contributed by atoms with Gasteiger partial charge >= 0.3 is 222 Å². The van der Waals surface area contributed by atoms with Crippen molar-refractivity contribution >= 4 is 134 Å². The van der Waals surface area contributed by atoms with E-state index in [0.717, 1.165) is 0 Å². The summed E-state index contributed by atoms with van der Waals surface area (Å²) in [4.78, 5) is 57.8. The first-order chi connectivity index (χ1) is 21.4. The predicted octanol–water partition coefficient (Wildman–Crippen LogP) is -21.7. The molecular weight excluding hydrogens is 1610 g/mol. The van der Waals surface area contributed by atoms with Crippen molar-refractivity contribution in [2.24, 2.45) is 0 Å². The molecule has 334 valence electrons. The van der Waals surface area contributed by atoms with Crippen LogP contribution in [0, 0.1) is 0 Å². The van der Waals surface area contributed by atoms with Crippen LogP contribution in [0.15, 0.2) is 0 Å². The molecule has 6 atom stereocenters. The zero-order chi connectivity index (χ0) is 42.9. The summed E-state index contributed by atoms with van der Waals surface area (Å²) < 4.78 is 128.